The number of hydrogen-bond acceptors (Lipinski definition) is 3. The van der Waals surface area contributed by atoms with Crippen molar-refractivity contribution in [2.75, 3.05) is 38.0 Å². The summed E-state index contributed by atoms with van der Waals surface area (Å²) >= 11 is 0. The van der Waals surface area contributed by atoms with E-state index < -0.39 is 0 Å². The second kappa shape index (κ2) is 11.0. The van der Waals surface area contributed by atoms with Gasteiger partial charge in [-0.2, -0.15) is 0 Å². The molecule has 1 aliphatic rings. The van der Waals surface area contributed by atoms with Crippen LogP contribution in [0.2, 0.25) is 0 Å². The predicted octanol–water partition coefficient (Wildman–Crippen LogP) is 3.61. The number of rotatable bonds is 9. The minimum atomic E-state index is 0.788. The van der Waals surface area contributed by atoms with Gasteiger partial charge in [-0.05, 0) is 56.6 Å². The number of anilines is 1. The molecule has 0 aliphatic carbocycles. The molecule has 5 heteroatoms. The molecule has 0 bridgehead atoms. The van der Waals surface area contributed by atoms with Gasteiger partial charge in [0.15, 0.2) is 5.96 Å². The van der Waals surface area contributed by atoms with Gasteiger partial charge in [-0.1, -0.05) is 19.9 Å². The molecule has 1 fully saturated rings. The molecule has 0 saturated carbocycles. The summed E-state index contributed by atoms with van der Waals surface area (Å²) in [4.78, 5) is 11.6. The van der Waals surface area contributed by atoms with Crippen molar-refractivity contribution < 1.29 is 0 Å². The van der Waals surface area contributed by atoms with Crippen molar-refractivity contribution in [2.24, 2.45) is 16.8 Å². The summed E-state index contributed by atoms with van der Waals surface area (Å²) in [6.45, 7) is 11.9. The van der Waals surface area contributed by atoms with E-state index in [9.17, 15) is 0 Å². The number of likely N-dealkylation sites (tertiary alicyclic amines) is 1. The molecule has 140 valence electrons. The van der Waals surface area contributed by atoms with Crippen LogP contribution in [0.25, 0.3) is 0 Å². The molecule has 2 rings (SSSR count). The number of hydrogen-bond donors (Lipinski definition) is 2. The number of aromatic nitrogens is 1. The average Bonchev–Trinajstić information content (AvgIpc) is 3.05. The van der Waals surface area contributed by atoms with Gasteiger partial charge in [0.05, 0.1) is 0 Å². The van der Waals surface area contributed by atoms with Gasteiger partial charge in [0.2, 0.25) is 0 Å². The van der Waals surface area contributed by atoms with Gasteiger partial charge in [0.1, 0.15) is 5.82 Å². The molecule has 1 saturated heterocycles. The van der Waals surface area contributed by atoms with Gasteiger partial charge in [-0.3, -0.25) is 4.99 Å². The van der Waals surface area contributed by atoms with E-state index in [1.165, 1.54) is 12.8 Å². The third-order valence-corrected chi connectivity index (χ3v) is 4.54. The summed E-state index contributed by atoms with van der Waals surface area (Å²) in [5.41, 5.74) is 0. The molecule has 1 atom stereocenters. The maximum Gasteiger partial charge on any atom is 0.193 e. The van der Waals surface area contributed by atoms with Crippen molar-refractivity contribution in [3.05, 3.63) is 24.4 Å². The molecule has 0 radical (unpaired) electrons. The van der Waals surface area contributed by atoms with E-state index in [0.717, 1.165) is 69.2 Å². The molecule has 0 aromatic carbocycles. The minimum absolute atomic E-state index is 0.788. The van der Waals surface area contributed by atoms with Crippen LogP contribution in [-0.4, -0.2) is 48.6 Å². The first-order valence-electron chi connectivity index (χ1n) is 9.87. The lowest BCUT2D eigenvalue weighted by Crippen LogP contribution is -2.40. The fourth-order valence-electron chi connectivity index (χ4n) is 3.42. The van der Waals surface area contributed by atoms with Crippen LogP contribution in [0, 0.1) is 11.8 Å². The summed E-state index contributed by atoms with van der Waals surface area (Å²) in [6, 6.07) is 5.94. The maximum atomic E-state index is 4.84. The summed E-state index contributed by atoms with van der Waals surface area (Å²) < 4.78 is 0. The topological polar surface area (TPSA) is 52.6 Å². The zero-order chi connectivity index (χ0) is 17.9. The van der Waals surface area contributed by atoms with E-state index in [1.54, 1.807) is 0 Å². The Bertz CT molecular complexity index is 500. The Balaban J connectivity index is 1.69. The molecule has 1 unspecified atom stereocenters. The fourth-order valence-corrected chi connectivity index (χ4v) is 3.42. The third kappa shape index (κ3) is 7.32. The van der Waals surface area contributed by atoms with Gasteiger partial charge in [0, 0.05) is 38.9 Å². The van der Waals surface area contributed by atoms with Gasteiger partial charge in [0.25, 0.3) is 0 Å². The number of guanidine groups is 1. The smallest absolute Gasteiger partial charge is 0.193 e. The zero-order valence-electron chi connectivity index (χ0n) is 16.2. The summed E-state index contributed by atoms with van der Waals surface area (Å²) in [5.74, 6) is 3.67. The standard InChI is InChI=1S/C20H35N5/c1-4-21-20(25-14-10-18(16-25)15-17(2)3)24-13-8-7-12-23-19-9-5-6-11-22-19/h5-6,9,11,17-18H,4,7-8,10,12-16H2,1-3H3,(H,21,24)(H,22,23). The molecule has 1 aliphatic heterocycles. The van der Waals surface area contributed by atoms with Crippen LogP contribution in [0.15, 0.2) is 29.4 Å². The minimum Gasteiger partial charge on any atom is -0.370 e. The second-order valence-corrected chi connectivity index (χ2v) is 7.31. The van der Waals surface area contributed by atoms with E-state index in [2.05, 4.69) is 41.3 Å². The quantitative estimate of drug-likeness (QED) is 0.408. The summed E-state index contributed by atoms with van der Waals surface area (Å²) in [5, 5.41) is 6.82. The highest BCUT2D eigenvalue weighted by molar-refractivity contribution is 5.80. The van der Waals surface area contributed by atoms with E-state index in [0.29, 0.717) is 0 Å². The predicted molar refractivity (Wildman–Crippen MR) is 107 cm³/mol. The van der Waals surface area contributed by atoms with Crippen molar-refractivity contribution in [1.82, 2.24) is 15.2 Å². The van der Waals surface area contributed by atoms with E-state index in [-0.39, 0.29) is 0 Å². The van der Waals surface area contributed by atoms with Crippen LogP contribution < -0.4 is 10.6 Å². The van der Waals surface area contributed by atoms with Crippen molar-refractivity contribution >= 4 is 11.8 Å². The molecule has 2 heterocycles. The highest BCUT2D eigenvalue weighted by atomic mass is 15.3. The van der Waals surface area contributed by atoms with Crippen LogP contribution in [0.1, 0.15) is 46.5 Å². The molecule has 0 spiro atoms. The van der Waals surface area contributed by atoms with Crippen molar-refractivity contribution in [3.8, 4) is 0 Å². The molecule has 5 nitrogen and oxygen atoms in total. The Morgan fingerprint density at radius 3 is 2.96 bits per heavy atom. The maximum absolute atomic E-state index is 4.84. The number of pyridine rings is 1. The number of nitrogens with one attached hydrogen (secondary N) is 2. The van der Waals surface area contributed by atoms with Crippen LogP contribution in [0.3, 0.4) is 0 Å². The summed E-state index contributed by atoms with van der Waals surface area (Å²) in [6.07, 6.45) is 6.65. The third-order valence-electron chi connectivity index (χ3n) is 4.54. The van der Waals surface area contributed by atoms with Crippen molar-refractivity contribution in [2.45, 2.75) is 46.5 Å². The first-order valence-corrected chi connectivity index (χ1v) is 9.87. The number of unbranched alkanes of at least 4 members (excludes halogenated alkanes) is 1. The Kier molecular flexibility index (Phi) is 8.56. The average molecular weight is 346 g/mol. The Morgan fingerprint density at radius 1 is 1.36 bits per heavy atom. The van der Waals surface area contributed by atoms with Gasteiger partial charge >= 0.3 is 0 Å². The first-order chi connectivity index (χ1) is 12.2. The molecule has 0 amide bonds. The lowest BCUT2D eigenvalue weighted by atomic mass is 9.97. The first kappa shape index (κ1) is 19.5. The molecular weight excluding hydrogens is 310 g/mol. The van der Waals surface area contributed by atoms with E-state index >= 15 is 0 Å². The van der Waals surface area contributed by atoms with Crippen molar-refractivity contribution in [1.29, 1.82) is 0 Å². The molecule has 2 N–H and O–H groups in total. The Morgan fingerprint density at radius 2 is 2.24 bits per heavy atom. The lowest BCUT2D eigenvalue weighted by molar-refractivity contribution is 0.403. The normalized spacial score (nSPS) is 18.0. The lowest BCUT2D eigenvalue weighted by Gasteiger charge is -2.22. The van der Waals surface area contributed by atoms with Crippen LogP contribution in [0.5, 0.6) is 0 Å². The van der Waals surface area contributed by atoms with Crippen LogP contribution in [-0.2, 0) is 0 Å². The Labute approximate surface area is 153 Å². The van der Waals surface area contributed by atoms with Gasteiger partial charge < -0.3 is 15.5 Å². The van der Waals surface area contributed by atoms with E-state index in [4.69, 9.17) is 4.99 Å². The Hall–Kier alpha value is -1.78. The molecule has 25 heavy (non-hydrogen) atoms. The highest BCUT2D eigenvalue weighted by Gasteiger charge is 2.25. The monoisotopic (exact) mass is 345 g/mol. The highest BCUT2D eigenvalue weighted by Crippen LogP contribution is 2.23. The number of aliphatic imine (C=N–C) groups is 1. The van der Waals surface area contributed by atoms with Gasteiger partial charge in [-0.25, -0.2) is 4.98 Å². The second-order valence-electron chi connectivity index (χ2n) is 7.31. The van der Waals surface area contributed by atoms with Crippen LogP contribution >= 0.6 is 0 Å². The SMILES string of the molecule is CCNC(=NCCCCNc1ccccn1)N1CCC(CC(C)C)C1. The molecule has 1 aromatic rings. The van der Waals surface area contributed by atoms with Crippen molar-refractivity contribution in [3.63, 3.8) is 0 Å². The van der Waals surface area contributed by atoms with Gasteiger partial charge in [-0.15, -0.1) is 0 Å². The van der Waals surface area contributed by atoms with Crippen LogP contribution in [0.4, 0.5) is 5.82 Å². The molecular formula is C20H35N5. The molecule has 1 aromatic heterocycles. The number of nitrogens with zero attached hydrogens (tertiary/aromatic N) is 3. The largest absolute Gasteiger partial charge is 0.370 e. The zero-order valence-corrected chi connectivity index (χ0v) is 16.2. The van der Waals surface area contributed by atoms with E-state index in [1.807, 2.05) is 24.4 Å². The fraction of sp³-hybridized carbons (Fsp3) is 0.700. The summed E-state index contributed by atoms with van der Waals surface area (Å²) in [7, 11) is 0.